The van der Waals surface area contributed by atoms with Gasteiger partial charge in [-0.1, -0.05) is 12.1 Å². The highest BCUT2D eigenvalue weighted by Gasteiger charge is 2.35. The van der Waals surface area contributed by atoms with Crippen molar-refractivity contribution in [1.29, 1.82) is 0 Å². The molecule has 0 bridgehead atoms. The second-order valence-corrected chi connectivity index (χ2v) is 9.23. The Morgan fingerprint density at radius 1 is 0.812 bits per heavy atom. The Morgan fingerprint density at radius 3 is 2.12 bits per heavy atom. The highest BCUT2D eigenvalue weighted by atomic mass is 19.1. The molecule has 3 fully saturated rings. The first-order valence-corrected chi connectivity index (χ1v) is 11.7. The molecule has 3 aliphatic rings. The van der Waals surface area contributed by atoms with E-state index in [-0.39, 0.29) is 29.7 Å². The van der Waals surface area contributed by atoms with E-state index in [1.165, 1.54) is 12.1 Å². The lowest BCUT2D eigenvalue weighted by atomic mass is 9.98. The van der Waals surface area contributed by atoms with E-state index in [0.717, 1.165) is 56.5 Å². The number of carbonyl (C=O) groups excluding carboxylic acids is 2. The summed E-state index contributed by atoms with van der Waals surface area (Å²) in [6.45, 7) is 2.89. The van der Waals surface area contributed by atoms with Gasteiger partial charge in [-0.2, -0.15) is 0 Å². The number of nitrogens with zero attached hydrogens (tertiary/aromatic N) is 2. The van der Waals surface area contributed by atoms with Gasteiger partial charge in [0.15, 0.2) is 0 Å². The van der Waals surface area contributed by atoms with E-state index in [1.54, 1.807) is 0 Å². The Labute approximate surface area is 188 Å². The first kappa shape index (κ1) is 21.0. The Kier molecular flexibility index (Phi) is 5.85. The van der Waals surface area contributed by atoms with Crippen LogP contribution in [0, 0.1) is 11.7 Å². The van der Waals surface area contributed by atoms with Gasteiger partial charge in [0.1, 0.15) is 17.7 Å². The zero-order valence-electron chi connectivity index (χ0n) is 18.2. The zero-order valence-corrected chi connectivity index (χ0v) is 18.2. The Hall–Kier alpha value is -2.89. The highest BCUT2D eigenvalue weighted by molar-refractivity contribution is 5.94. The Balaban J connectivity index is 1.12. The van der Waals surface area contributed by atoms with Crippen molar-refractivity contribution in [2.24, 2.45) is 5.92 Å². The van der Waals surface area contributed by atoms with Gasteiger partial charge in [0.25, 0.3) is 5.91 Å². The van der Waals surface area contributed by atoms with Gasteiger partial charge >= 0.3 is 0 Å². The average molecular weight is 437 g/mol. The summed E-state index contributed by atoms with van der Waals surface area (Å²) in [6, 6.07) is 14.0. The molecular weight excluding hydrogens is 407 g/mol. The molecule has 0 spiro atoms. The molecule has 6 heteroatoms. The third kappa shape index (κ3) is 4.64. The van der Waals surface area contributed by atoms with Gasteiger partial charge in [-0.3, -0.25) is 9.59 Å². The van der Waals surface area contributed by atoms with Gasteiger partial charge in [0, 0.05) is 56.4 Å². The fourth-order valence-electron chi connectivity index (χ4n) is 4.79. The molecule has 168 valence electrons. The summed E-state index contributed by atoms with van der Waals surface area (Å²) >= 11 is 0. The predicted molar refractivity (Wildman–Crippen MR) is 119 cm³/mol. The number of likely N-dealkylation sites (tertiary alicyclic amines) is 2. The summed E-state index contributed by atoms with van der Waals surface area (Å²) in [7, 11) is 0. The van der Waals surface area contributed by atoms with Crippen LogP contribution in [0.25, 0.3) is 0 Å². The molecule has 1 saturated carbocycles. The lowest BCUT2D eigenvalue weighted by Gasteiger charge is -2.32. The maximum absolute atomic E-state index is 13.2. The number of hydrogen-bond acceptors (Lipinski definition) is 3. The number of piperidine rings is 1. The summed E-state index contributed by atoms with van der Waals surface area (Å²) in [5.41, 5.74) is 1.73. The van der Waals surface area contributed by atoms with Crippen LogP contribution >= 0.6 is 0 Å². The lowest BCUT2D eigenvalue weighted by molar-refractivity contribution is -0.134. The van der Waals surface area contributed by atoms with Crippen LogP contribution in [0.3, 0.4) is 0 Å². The molecule has 0 radical (unpaired) electrons. The molecule has 1 atom stereocenters. The molecule has 2 amide bonds. The minimum absolute atomic E-state index is 0.0214. The second kappa shape index (κ2) is 8.93. The number of hydrogen-bond donors (Lipinski definition) is 0. The van der Waals surface area contributed by atoms with Crippen LogP contribution in [0.15, 0.2) is 48.5 Å². The largest absolute Gasteiger partial charge is 0.490 e. The normalized spacial score (nSPS) is 21.6. The van der Waals surface area contributed by atoms with Crippen LogP contribution in [0.5, 0.6) is 5.75 Å². The van der Waals surface area contributed by atoms with Crippen molar-refractivity contribution >= 4 is 11.8 Å². The van der Waals surface area contributed by atoms with Crippen LogP contribution in [0.1, 0.15) is 53.9 Å². The molecular formula is C26H29FN2O3. The van der Waals surface area contributed by atoms with Crippen molar-refractivity contribution in [2.75, 3.05) is 26.2 Å². The lowest BCUT2D eigenvalue weighted by Crippen LogP contribution is -2.42. The molecule has 2 aromatic rings. The van der Waals surface area contributed by atoms with Crippen LogP contribution in [0.2, 0.25) is 0 Å². The van der Waals surface area contributed by atoms with Crippen molar-refractivity contribution in [3.8, 4) is 5.75 Å². The Bertz CT molecular complexity index is 964. The van der Waals surface area contributed by atoms with Crippen LogP contribution in [-0.2, 0) is 4.79 Å². The quantitative estimate of drug-likeness (QED) is 0.705. The molecule has 0 unspecified atom stereocenters. The van der Waals surface area contributed by atoms with Gasteiger partial charge in [-0.05, 0) is 61.2 Å². The topological polar surface area (TPSA) is 49.9 Å². The van der Waals surface area contributed by atoms with Gasteiger partial charge in [-0.15, -0.1) is 0 Å². The van der Waals surface area contributed by atoms with E-state index in [4.69, 9.17) is 4.74 Å². The maximum Gasteiger partial charge on any atom is 0.253 e. The molecule has 32 heavy (non-hydrogen) atoms. The van der Waals surface area contributed by atoms with Crippen molar-refractivity contribution in [3.63, 3.8) is 0 Å². The SMILES string of the molecule is O=C(c1ccc(OC2CCN(C(=O)C3CC3)CC2)cc1)N1CC[C@H](c2ccc(F)cc2)C1. The van der Waals surface area contributed by atoms with E-state index in [1.807, 2.05) is 46.2 Å². The summed E-state index contributed by atoms with van der Waals surface area (Å²) < 4.78 is 19.3. The fraction of sp³-hybridized carbons (Fsp3) is 0.462. The highest BCUT2D eigenvalue weighted by Crippen LogP contribution is 2.32. The number of amides is 2. The maximum atomic E-state index is 13.2. The summed E-state index contributed by atoms with van der Waals surface area (Å²) in [5, 5.41) is 0. The van der Waals surface area contributed by atoms with Crippen LogP contribution in [0.4, 0.5) is 4.39 Å². The number of halogens is 1. The molecule has 2 heterocycles. The number of benzene rings is 2. The van der Waals surface area contributed by atoms with Gasteiger partial charge in [0.2, 0.25) is 5.91 Å². The van der Waals surface area contributed by atoms with E-state index in [2.05, 4.69) is 0 Å². The molecule has 5 nitrogen and oxygen atoms in total. The van der Waals surface area contributed by atoms with Crippen LogP contribution < -0.4 is 4.74 Å². The van der Waals surface area contributed by atoms with Crippen molar-refractivity contribution in [2.45, 2.75) is 44.1 Å². The minimum atomic E-state index is -0.237. The third-order valence-electron chi connectivity index (χ3n) is 6.90. The number of rotatable bonds is 5. The summed E-state index contributed by atoms with van der Waals surface area (Å²) in [4.78, 5) is 29.0. The predicted octanol–water partition coefficient (Wildman–Crippen LogP) is 4.24. The van der Waals surface area contributed by atoms with E-state index < -0.39 is 0 Å². The molecule has 2 aromatic carbocycles. The first-order valence-electron chi connectivity index (χ1n) is 11.7. The van der Waals surface area contributed by atoms with E-state index in [9.17, 15) is 14.0 Å². The third-order valence-corrected chi connectivity index (χ3v) is 6.90. The Morgan fingerprint density at radius 2 is 1.47 bits per heavy atom. The molecule has 5 rings (SSSR count). The van der Waals surface area contributed by atoms with E-state index >= 15 is 0 Å². The molecule has 0 aromatic heterocycles. The molecule has 0 N–H and O–H groups in total. The summed E-state index contributed by atoms with van der Waals surface area (Å²) in [5.74, 6) is 1.39. The first-order chi connectivity index (χ1) is 15.6. The second-order valence-electron chi connectivity index (χ2n) is 9.23. The number of carbonyl (C=O) groups is 2. The van der Waals surface area contributed by atoms with Crippen molar-refractivity contribution in [3.05, 3.63) is 65.5 Å². The summed E-state index contributed by atoms with van der Waals surface area (Å²) in [6.07, 6.45) is 4.78. The average Bonchev–Trinajstić information content (AvgIpc) is 3.56. The van der Waals surface area contributed by atoms with Crippen LogP contribution in [-0.4, -0.2) is 53.9 Å². The number of ether oxygens (including phenoxy) is 1. The standard InChI is InChI=1S/C26H29FN2O3/c27-22-7-3-18(4-8-22)21-11-14-29(17-21)26(31)20-5-9-23(10-6-20)32-24-12-15-28(16-13-24)25(30)19-1-2-19/h3-10,19,21,24H,1-2,11-17H2/t21-/m0/s1. The van der Waals surface area contributed by atoms with Gasteiger partial charge < -0.3 is 14.5 Å². The molecule has 2 saturated heterocycles. The zero-order chi connectivity index (χ0) is 22.1. The van der Waals surface area contributed by atoms with Crippen molar-refractivity contribution in [1.82, 2.24) is 9.80 Å². The smallest absolute Gasteiger partial charge is 0.253 e. The van der Waals surface area contributed by atoms with E-state index in [0.29, 0.717) is 24.6 Å². The molecule has 1 aliphatic carbocycles. The van der Waals surface area contributed by atoms with Gasteiger partial charge in [-0.25, -0.2) is 4.39 Å². The fourth-order valence-corrected chi connectivity index (χ4v) is 4.79. The van der Waals surface area contributed by atoms with Crippen molar-refractivity contribution < 1.29 is 18.7 Å². The monoisotopic (exact) mass is 436 g/mol. The van der Waals surface area contributed by atoms with Gasteiger partial charge in [0.05, 0.1) is 0 Å². The minimum Gasteiger partial charge on any atom is -0.490 e. The molecule has 2 aliphatic heterocycles.